The number of ether oxygens (including phenoxy) is 2. The van der Waals surface area contributed by atoms with E-state index in [1.54, 1.807) is 30.3 Å². The second-order valence-corrected chi connectivity index (χ2v) is 12.8. The van der Waals surface area contributed by atoms with Crippen LogP contribution in [-0.2, 0) is 14.3 Å². The van der Waals surface area contributed by atoms with Crippen molar-refractivity contribution in [3.8, 4) is 11.5 Å². The van der Waals surface area contributed by atoms with E-state index in [9.17, 15) is 18.0 Å². The van der Waals surface area contributed by atoms with Gasteiger partial charge in [-0.25, -0.2) is 9.59 Å². The van der Waals surface area contributed by atoms with Crippen molar-refractivity contribution in [3.05, 3.63) is 93.5 Å². The summed E-state index contributed by atoms with van der Waals surface area (Å²) >= 11 is 0. The lowest BCUT2D eigenvalue weighted by atomic mass is 9.82. The minimum atomic E-state index is -3.91. The lowest BCUT2D eigenvalue weighted by molar-refractivity contribution is 0.0681. The minimum absolute atomic E-state index is 0.0217. The summed E-state index contributed by atoms with van der Waals surface area (Å²) in [5.41, 5.74) is 10.7. The second-order valence-electron chi connectivity index (χ2n) is 11.2. The van der Waals surface area contributed by atoms with Crippen molar-refractivity contribution in [2.45, 2.75) is 60.6 Å². The van der Waals surface area contributed by atoms with Crippen molar-refractivity contribution in [2.75, 3.05) is 6.26 Å². The SMILES string of the molecule is Cc1ccc(C(=O)Oc2ccc(C(OS(C)(=O)=O)C(N)C(C)(C)C)cc2OC(=O)c2ccc(C)c(C)c2)cc1C. The fourth-order valence-corrected chi connectivity index (χ4v) is 4.49. The zero-order chi connectivity index (χ0) is 30.0. The summed E-state index contributed by atoms with van der Waals surface area (Å²) in [4.78, 5) is 26.2. The van der Waals surface area contributed by atoms with Crippen LogP contribution in [-0.4, -0.2) is 32.7 Å². The minimum Gasteiger partial charge on any atom is -0.419 e. The number of rotatable bonds is 8. The zero-order valence-electron chi connectivity index (χ0n) is 24.2. The quantitative estimate of drug-likeness (QED) is 0.207. The predicted octanol–water partition coefficient (Wildman–Crippen LogP) is 5.75. The van der Waals surface area contributed by atoms with E-state index in [0.29, 0.717) is 16.7 Å². The molecule has 3 aromatic carbocycles. The van der Waals surface area contributed by atoms with Gasteiger partial charge in [-0.2, -0.15) is 8.42 Å². The number of carbonyl (C=O) groups excluding carboxylic acids is 2. The van der Waals surface area contributed by atoms with E-state index in [4.69, 9.17) is 19.4 Å². The molecule has 40 heavy (non-hydrogen) atoms. The Hall–Kier alpha value is -3.53. The lowest BCUT2D eigenvalue weighted by Gasteiger charge is -2.33. The smallest absolute Gasteiger partial charge is 0.343 e. The maximum absolute atomic E-state index is 13.2. The Bertz CT molecular complexity index is 1540. The number of hydrogen-bond acceptors (Lipinski definition) is 8. The van der Waals surface area contributed by atoms with Crippen LogP contribution < -0.4 is 15.2 Å². The predicted molar refractivity (Wildman–Crippen MR) is 154 cm³/mol. The lowest BCUT2D eigenvalue weighted by Crippen LogP contribution is -2.42. The van der Waals surface area contributed by atoms with E-state index < -0.39 is 39.6 Å². The number of hydrogen-bond donors (Lipinski definition) is 1. The van der Waals surface area contributed by atoms with Crippen LogP contribution in [0.4, 0.5) is 0 Å². The first-order valence-electron chi connectivity index (χ1n) is 12.8. The van der Waals surface area contributed by atoms with Crippen molar-refractivity contribution < 1.29 is 31.7 Å². The van der Waals surface area contributed by atoms with Gasteiger partial charge in [0.05, 0.1) is 17.4 Å². The Labute approximate surface area is 236 Å². The molecule has 0 aromatic heterocycles. The maximum atomic E-state index is 13.2. The zero-order valence-corrected chi connectivity index (χ0v) is 25.0. The molecule has 0 aliphatic carbocycles. The van der Waals surface area contributed by atoms with Gasteiger partial charge in [0.15, 0.2) is 11.5 Å². The average Bonchev–Trinajstić information content (AvgIpc) is 2.85. The standard InChI is InChI=1S/C31H37NO7S/c1-18-9-11-23(15-20(18)3)29(33)37-25-14-13-22(27(39-40(8,35)36)28(32)31(5,6)7)17-26(25)38-30(34)24-12-10-19(2)21(4)16-24/h9-17,27-28H,32H2,1-8H3. The molecule has 3 aromatic rings. The molecule has 2 atom stereocenters. The van der Waals surface area contributed by atoms with Gasteiger partial charge in [0, 0.05) is 6.04 Å². The molecule has 0 radical (unpaired) electrons. The van der Waals surface area contributed by atoms with E-state index in [2.05, 4.69) is 0 Å². The van der Waals surface area contributed by atoms with E-state index in [1.807, 2.05) is 54.5 Å². The van der Waals surface area contributed by atoms with Gasteiger partial charge in [0.2, 0.25) is 0 Å². The highest BCUT2D eigenvalue weighted by atomic mass is 32.2. The molecule has 8 nitrogen and oxygen atoms in total. The van der Waals surface area contributed by atoms with E-state index in [-0.39, 0.29) is 11.5 Å². The number of benzene rings is 3. The van der Waals surface area contributed by atoms with Crippen LogP contribution in [0.2, 0.25) is 0 Å². The first-order chi connectivity index (χ1) is 18.5. The van der Waals surface area contributed by atoms with Gasteiger partial charge in [0.1, 0.15) is 6.10 Å². The third-order valence-electron chi connectivity index (χ3n) is 6.79. The third-order valence-corrected chi connectivity index (χ3v) is 7.35. The highest BCUT2D eigenvalue weighted by Gasteiger charge is 2.34. The highest BCUT2D eigenvalue weighted by molar-refractivity contribution is 7.86. The van der Waals surface area contributed by atoms with Gasteiger partial charge in [-0.05, 0) is 97.3 Å². The number of aryl methyl sites for hydroxylation is 4. The highest BCUT2D eigenvalue weighted by Crippen LogP contribution is 2.38. The normalized spacial score (nSPS) is 13.4. The summed E-state index contributed by atoms with van der Waals surface area (Å²) < 4.78 is 41.1. The van der Waals surface area contributed by atoms with E-state index in [0.717, 1.165) is 28.5 Å². The molecular formula is C31H37NO7S. The summed E-state index contributed by atoms with van der Waals surface area (Å²) in [6.45, 7) is 13.2. The molecule has 3 rings (SSSR count). The molecule has 0 saturated heterocycles. The Morgan fingerprint density at radius 2 is 1.20 bits per heavy atom. The summed E-state index contributed by atoms with van der Waals surface area (Å²) in [6.07, 6.45) is -0.158. The molecule has 0 fully saturated rings. The fourth-order valence-electron chi connectivity index (χ4n) is 3.89. The Morgan fingerprint density at radius 1 is 0.725 bits per heavy atom. The summed E-state index contributed by atoms with van der Waals surface area (Å²) in [7, 11) is -3.91. The Balaban J connectivity index is 2.08. The molecule has 0 aliphatic heterocycles. The molecule has 0 heterocycles. The van der Waals surface area contributed by atoms with Crippen LogP contribution in [0.25, 0.3) is 0 Å². The van der Waals surface area contributed by atoms with Gasteiger partial charge < -0.3 is 15.2 Å². The van der Waals surface area contributed by atoms with Crippen LogP contribution >= 0.6 is 0 Å². The fraction of sp³-hybridized carbons (Fsp3) is 0.355. The molecule has 9 heteroatoms. The first kappa shape index (κ1) is 31.0. The van der Waals surface area contributed by atoms with Crippen molar-refractivity contribution in [2.24, 2.45) is 11.1 Å². The molecule has 0 saturated carbocycles. The number of nitrogens with two attached hydrogens (primary N) is 1. The van der Waals surface area contributed by atoms with Crippen molar-refractivity contribution in [3.63, 3.8) is 0 Å². The molecule has 0 spiro atoms. The summed E-state index contributed by atoms with van der Waals surface area (Å²) in [5, 5.41) is 0. The van der Waals surface area contributed by atoms with Gasteiger partial charge in [-0.15, -0.1) is 0 Å². The van der Waals surface area contributed by atoms with Gasteiger partial charge in [-0.1, -0.05) is 39.0 Å². The molecular weight excluding hydrogens is 530 g/mol. The summed E-state index contributed by atoms with van der Waals surface area (Å²) in [6, 6.07) is 14.0. The van der Waals surface area contributed by atoms with Crippen LogP contribution in [0, 0.1) is 33.1 Å². The third kappa shape index (κ3) is 7.78. The number of carbonyl (C=O) groups is 2. The van der Waals surface area contributed by atoms with Crippen LogP contribution in [0.15, 0.2) is 54.6 Å². The number of esters is 2. The molecule has 0 bridgehead atoms. The van der Waals surface area contributed by atoms with Crippen molar-refractivity contribution in [1.82, 2.24) is 0 Å². The molecule has 0 aliphatic rings. The van der Waals surface area contributed by atoms with Gasteiger partial charge in [-0.3, -0.25) is 4.18 Å². The van der Waals surface area contributed by atoms with Gasteiger partial charge in [0.25, 0.3) is 10.1 Å². The Morgan fingerprint density at radius 3 is 1.62 bits per heavy atom. The van der Waals surface area contributed by atoms with Crippen molar-refractivity contribution >= 4 is 22.1 Å². The van der Waals surface area contributed by atoms with E-state index >= 15 is 0 Å². The first-order valence-corrected chi connectivity index (χ1v) is 14.6. The topological polar surface area (TPSA) is 122 Å². The van der Waals surface area contributed by atoms with Crippen LogP contribution in [0.3, 0.4) is 0 Å². The molecule has 2 unspecified atom stereocenters. The molecule has 0 amide bonds. The largest absolute Gasteiger partial charge is 0.419 e. The van der Waals surface area contributed by atoms with Crippen LogP contribution in [0.5, 0.6) is 11.5 Å². The summed E-state index contributed by atoms with van der Waals surface area (Å²) in [5.74, 6) is -1.42. The van der Waals surface area contributed by atoms with E-state index in [1.165, 1.54) is 18.2 Å². The average molecular weight is 568 g/mol. The monoisotopic (exact) mass is 567 g/mol. The van der Waals surface area contributed by atoms with Crippen molar-refractivity contribution in [1.29, 1.82) is 0 Å². The van der Waals surface area contributed by atoms with Gasteiger partial charge >= 0.3 is 11.9 Å². The van der Waals surface area contributed by atoms with Crippen LogP contribution in [0.1, 0.15) is 75.4 Å². The second kappa shape index (κ2) is 11.9. The Kier molecular flexibility index (Phi) is 9.24. The molecule has 214 valence electrons. The molecule has 2 N–H and O–H groups in total. The maximum Gasteiger partial charge on any atom is 0.343 e.